The average Bonchev–Trinajstić information content (AvgIpc) is 3.42. The van der Waals surface area contributed by atoms with Gasteiger partial charge in [0, 0.05) is 31.2 Å². The van der Waals surface area contributed by atoms with E-state index in [0.29, 0.717) is 30.4 Å². The lowest BCUT2D eigenvalue weighted by Gasteiger charge is -2.27. The molecule has 2 saturated heterocycles. The summed E-state index contributed by atoms with van der Waals surface area (Å²) >= 11 is 0. The van der Waals surface area contributed by atoms with Crippen LogP contribution in [0.5, 0.6) is 5.75 Å². The number of nitrogens with one attached hydrogen (secondary N) is 2. The first kappa shape index (κ1) is 22.8. The summed E-state index contributed by atoms with van der Waals surface area (Å²) in [5, 5.41) is 10.7. The minimum Gasteiger partial charge on any atom is -0.487 e. The largest absolute Gasteiger partial charge is 0.487 e. The van der Waals surface area contributed by atoms with Crippen LogP contribution in [0.15, 0.2) is 6.20 Å². The van der Waals surface area contributed by atoms with Gasteiger partial charge < -0.3 is 20.1 Å². The Labute approximate surface area is 199 Å². The topological polar surface area (TPSA) is 89.4 Å². The number of fused-ring (bicyclic) bond motifs is 4. The lowest BCUT2D eigenvalue weighted by atomic mass is 9.93. The summed E-state index contributed by atoms with van der Waals surface area (Å²) in [5.74, 6) is 0.584. The maximum Gasteiger partial charge on any atom is 0.421 e. The number of ether oxygens (including phenoxy) is 2. The van der Waals surface area contributed by atoms with Crippen molar-refractivity contribution >= 4 is 17.6 Å². The fourth-order valence-electron chi connectivity index (χ4n) is 5.31. The van der Waals surface area contributed by atoms with Crippen molar-refractivity contribution in [2.45, 2.75) is 56.7 Å². The molecule has 0 amide bonds. The number of anilines is 3. The third-order valence-corrected chi connectivity index (χ3v) is 7.46. The molecule has 1 saturated carbocycles. The van der Waals surface area contributed by atoms with Gasteiger partial charge in [-0.15, -0.1) is 0 Å². The first-order chi connectivity index (χ1) is 16.8. The van der Waals surface area contributed by atoms with Gasteiger partial charge in [-0.2, -0.15) is 23.3 Å². The quantitative estimate of drug-likeness (QED) is 0.611. The van der Waals surface area contributed by atoms with E-state index in [1.165, 1.54) is 0 Å². The van der Waals surface area contributed by atoms with Crippen molar-refractivity contribution in [1.82, 2.24) is 24.6 Å². The second-order valence-corrected chi connectivity index (χ2v) is 9.77. The van der Waals surface area contributed by atoms with E-state index < -0.39 is 30.0 Å². The Bertz CT molecular complexity index is 1110. The Morgan fingerprint density at radius 1 is 1.14 bits per heavy atom. The van der Waals surface area contributed by atoms with Gasteiger partial charge in [0.2, 0.25) is 5.95 Å². The summed E-state index contributed by atoms with van der Waals surface area (Å²) in [6.07, 6.45) is -1.97. The number of hydrogen-bond donors (Lipinski definition) is 2. The van der Waals surface area contributed by atoms with Crippen molar-refractivity contribution in [3.8, 4) is 5.75 Å². The van der Waals surface area contributed by atoms with E-state index >= 15 is 0 Å². The molecule has 9 nitrogen and oxygen atoms in total. The van der Waals surface area contributed by atoms with Gasteiger partial charge >= 0.3 is 6.18 Å². The van der Waals surface area contributed by atoms with Crippen LogP contribution in [0.2, 0.25) is 0 Å². The van der Waals surface area contributed by atoms with E-state index in [4.69, 9.17) is 9.47 Å². The Morgan fingerprint density at radius 3 is 2.66 bits per heavy atom. The van der Waals surface area contributed by atoms with Crippen LogP contribution in [0.25, 0.3) is 0 Å². The highest BCUT2D eigenvalue weighted by atomic mass is 19.4. The molecule has 3 aliphatic heterocycles. The molecule has 3 fully saturated rings. The molecule has 1 aliphatic carbocycles. The van der Waals surface area contributed by atoms with Crippen molar-refractivity contribution in [2.75, 3.05) is 43.5 Å². The molecule has 4 atom stereocenters. The number of hydrogen-bond acceptors (Lipinski definition) is 8. The maximum absolute atomic E-state index is 14.4. The smallest absolute Gasteiger partial charge is 0.421 e. The summed E-state index contributed by atoms with van der Waals surface area (Å²) in [7, 11) is 0. The molecule has 0 radical (unpaired) electrons. The molecule has 5 heterocycles. The highest BCUT2D eigenvalue weighted by Crippen LogP contribution is 2.42. The van der Waals surface area contributed by atoms with Crippen LogP contribution in [-0.2, 0) is 10.9 Å². The van der Waals surface area contributed by atoms with Gasteiger partial charge in [0.15, 0.2) is 11.6 Å². The molecule has 0 aromatic carbocycles. The van der Waals surface area contributed by atoms with Crippen molar-refractivity contribution in [3.63, 3.8) is 0 Å². The third kappa shape index (κ3) is 4.07. The van der Waals surface area contributed by atoms with Crippen LogP contribution in [0.3, 0.4) is 0 Å². The minimum absolute atomic E-state index is 0.0205. The monoisotopic (exact) mass is 497 g/mol. The van der Waals surface area contributed by atoms with Crippen LogP contribution in [-0.4, -0.2) is 75.8 Å². The molecule has 4 aliphatic rings. The summed E-state index contributed by atoms with van der Waals surface area (Å²) in [5.41, 5.74) is -0.268. The summed E-state index contributed by atoms with van der Waals surface area (Å²) < 4.78 is 69.2. The number of nitrogens with zero attached hydrogens (tertiary/aromatic N) is 5. The Morgan fingerprint density at radius 2 is 1.97 bits per heavy atom. The van der Waals surface area contributed by atoms with E-state index in [2.05, 4.69) is 25.7 Å². The molecule has 2 aromatic rings. The predicted molar refractivity (Wildman–Crippen MR) is 118 cm³/mol. The fourth-order valence-corrected chi connectivity index (χ4v) is 5.31. The Kier molecular flexibility index (Phi) is 5.51. The average molecular weight is 497 g/mol. The van der Waals surface area contributed by atoms with Crippen LogP contribution in [0, 0.1) is 12.8 Å². The van der Waals surface area contributed by atoms with Gasteiger partial charge in [0.1, 0.15) is 23.2 Å². The van der Waals surface area contributed by atoms with Gasteiger partial charge in [0.05, 0.1) is 31.9 Å². The van der Waals surface area contributed by atoms with Crippen LogP contribution >= 0.6 is 0 Å². The van der Waals surface area contributed by atoms with Gasteiger partial charge in [0.25, 0.3) is 0 Å². The number of alkyl halides is 4. The number of likely N-dealkylation sites (tertiary alicyclic amines) is 1. The minimum atomic E-state index is -4.63. The zero-order chi connectivity index (χ0) is 24.3. The van der Waals surface area contributed by atoms with E-state index in [1.807, 2.05) is 16.5 Å². The Hall–Kier alpha value is -2.67. The zero-order valence-electron chi connectivity index (χ0n) is 19.2. The lowest BCUT2D eigenvalue weighted by Crippen LogP contribution is -2.41. The van der Waals surface area contributed by atoms with E-state index in [0.717, 1.165) is 25.5 Å². The molecule has 13 heteroatoms. The molecule has 2 bridgehead atoms. The Balaban J connectivity index is 1.40. The highest BCUT2D eigenvalue weighted by Gasteiger charge is 2.44. The van der Waals surface area contributed by atoms with Crippen LogP contribution in [0.4, 0.5) is 35.1 Å². The number of halogens is 4. The standard InChI is InChI=1S/C22H27F4N7O2/c1-11-18-20(33(31-11)13-3-2-4-13)30-21-27-5-14(22(24,25)26)19(29-21)28-16-7-32(6-12(16)8-35-18)17-10-34-9-15(17)23/h5,12-13,15-17H,2-4,6-10H2,1H3,(H2,27,28,29,30)/t12-,15?,16?,17?/m1/s1. The molecule has 3 unspecified atom stereocenters. The second kappa shape index (κ2) is 8.47. The molecule has 0 spiro atoms. The third-order valence-electron chi connectivity index (χ3n) is 7.46. The van der Waals surface area contributed by atoms with Gasteiger partial charge in [-0.1, -0.05) is 0 Å². The summed E-state index contributed by atoms with van der Waals surface area (Å²) in [6, 6.07) is -0.680. The van der Waals surface area contributed by atoms with Gasteiger partial charge in [-0.05, 0) is 26.2 Å². The normalized spacial score (nSPS) is 29.3. The number of aryl methyl sites for hydroxylation is 1. The van der Waals surface area contributed by atoms with Crippen molar-refractivity contribution < 1.29 is 27.0 Å². The first-order valence-corrected chi connectivity index (χ1v) is 11.9. The molecule has 2 N–H and O–H groups in total. The summed E-state index contributed by atoms with van der Waals surface area (Å²) in [4.78, 5) is 10.1. The second-order valence-electron chi connectivity index (χ2n) is 9.77. The van der Waals surface area contributed by atoms with E-state index in [1.54, 1.807) is 0 Å². The zero-order valence-corrected chi connectivity index (χ0v) is 19.2. The molecular weight excluding hydrogens is 470 g/mol. The predicted octanol–water partition coefficient (Wildman–Crippen LogP) is 3.31. The van der Waals surface area contributed by atoms with Crippen molar-refractivity contribution in [3.05, 3.63) is 17.5 Å². The molecular formula is C22H27F4N7O2. The van der Waals surface area contributed by atoms with Crippen LogP contribution in [0.1, 0.15) is 36.6 Å². The molecule has 190 valence electrons. The van der Waals surface area contributed by atoms with Gasteiger partial charge in [-0.25, -0.2) is 14.1 Å². The SMILES string of the molecule is Cc1nn(C2CCC2)c2c1OC[C@H]1CN(C3COCC3F)CC1Nc1nc(ncc1C(F)(F)F)N2. The first-order valence-electron chi connectivity index (χ1n) is 11.9. The highest BCUT2D eigenvalue weighted by molar-refractivity contribution is 5.62. The van der Waals surface area contributed by atoms with E-state index in [9.17, 15) is 17.6 Å². The fraction of sp³-hybridized carbons (Fsp3) is 0.682. The van der Waals surface area contributed by atoms with Gasteiger partial charge in [-0.3, -0.25) is 4.90 Å². The van der Waals surface area contributed by atoms with Crippen molar-refractivity contribution in [1.29, 1.82) is 0 Å². The molecule has 2 aromatic heterocycles. The number of rotatable bonds is 2. The molecule has 35 heavy (non-hydrogen) atoms. The summed E-state index contributed by atoms with van der Waals surface area (Å²) in [6.45, 7) is 3.17. The maximum atomic E-state index is 14.4. The lowest BCUT2D eigenvalue weighted by molar-refractivity contribution is -0.137. The van der Waals surface area contributed by atoms with Crippen LogP contribution < -0.4 is 15.4 Å². The number of aromatic nitrogens is 4. The molecule has 6 rings (SSSR count). The van der Waals surface area contributed by atoms with E-state index in [-0.39, 0.29) is 43.5 Å². The van der Waals surface area contributed by atoms with Crippen molar-refractivity contribution in [2.24, 2.45) is 5.92 Å².